The SMILES string of the molecule is CCCCOC(=O)CC(C(=O)OCCCC)N(CCC)[SiH2]OC(C)(OC)OC. The maximum atomic E-state index is 12.7. The van der Waals surface area contributed by atoms with Gasteiger partial charge in [0, 0.05) is 21.1 Å². The van der Waals surface area contributed by atoms with E-state index in [1.165, 1.54) is 14.2 Å². The average molecular weight is 422 g/mol. The lowest BCUT2D eigenvalue weighted by Gasteiger charge is -2.33. The van der Waals surface area contributed by atoms with Gasteiger partial charge in [0.1, 0.15) is 6.04 Å². The number of carbonyl (C=O) groups is 2. The summed E-state index contributed by atoms with van der Waals surface area (Å²) in [6.45, 7) is 9.02. The molecule has 0 bridgehead atoms. The predicted molar refractivity (Wildman–Crippen MR) is 109 cm³/mol. The summed E-state index contributed by atoms with van der Waals surface area (Å²) in [6.07, 6.45) is 4.19. The third-order valence-electron chi connectivity index (χ3n) is 4.32. The largest absolute Gasteiger partial charge is 0.466 e. The number of hydrogen-bond acceptors (Lipinski definition) is 8. The Labute approximate surface area is 172 Å². The molecule has 0 saturated carbocycles. The number of nitrogens with zero attached hydrogens (tertiary/aromatic N) is 1. The molecule has 0 aliphatic heterocycles. The second-order valence-electron chi connectivity index (χ2n) is 6.67. The number of esters is 2. The van der Waals surface area contributed by atoms with Crippen LogP contribution in [0.5, 0.6) is 0 Å². The van der Waals surface area contributed by atoms with E-state index in [9.17, 15) is 9.59 Å². The molecule has 9 heteroatoms. The van der Waals surface area contributed by atoms with E-state index in [0.717, 1.165) is 32.1 Å². The second-order valence-corrected chi connectivity index (χ2v) is 8.03. The van der Waals surface area contributed by atoms with Gasteiger partial charge in [0.05, 0.1) is 19.6 Å². The first-order valence-electron chi connectivity index (χ1n) is 10.2. The molecule has 0 amide bonds. The van der Waals surface area contributed by atoms with Crippen LogP contribution in [0.3, 0.4) is 0 Å². The normalized spacial score (nSPS) is 13.2. The summed E-state index contributed by atoms with van der Waals surface area (Å²) in [5, 5.41) is 0. The van der Waals surface area contributed by atoms with Gasteiger partial charge in [-0.05, 0) is 25.8 Å². The van der Waals surface area contributed by atoms with Crippen molar-refractivity contribution in [2.45, 2.75) is 78.2 Å². The molecule has 28 heavy (non-hydrogen) atoms. The van der Waals surface area contributed by atoms with E-state index in [1.54, 1.807) is 6.92 Å². The molecule has 0 aromatic rings. The maximum absolute atomic E-state index is 12.7. The molecule has 8 nitrogen and oxygen atoms in total. The van der Waals surface area contributed by atoms with E-state index in [4.69, 9.17) is 23.4 Å². The Kier molecular flexibility index (Phi) is 15.3. The zero-order valence-electron chi connectivity index (χ0n) is 18.5. The first-order valence-corrected chi connectivity index (χ1v) is 11.4. The Morgan fingerprint density at radius 1 is 0.964 bits per heavy atom. The van der Waals surface area contributed by atoms with Gasteiger partial charge in [-0.1, -0.05) is 33.6 Å². The van der Waals surface area contributed by atoms with Crippen molar-refractivity contribution >= 4 is 21.9 Å². The monoisotopic (exact) mass is 421 g/mol. The fourth-order valence-corrected chi connectivity index (χ4v) is 3.86. The van der Waals surface area contributed by atoms with Crippen LogP contribution >= 0.6 is 0 Å². The highest BCUT2D eigenvalue weighted by Crippen LogP contribution is 2.15. The second kappa shape index (κ2) is 15.9. The first kappa shape index (κ1) is 27.0. The number of carbonyl (C=O) groups excluding carboxylic acids is 2. The van der Waals surface area contributed by atoms with Crippen molar-refractivity contribution < 1.29 is 33.0 Å². The van der Waals surface area contributed by atoms with Gasteiger partial charge in [-0.25, -0.2) is 0 Å². The molecule has 0 spiro atoms. The van der Waals surface area contributed by atoms with Crippen LogP contribution in [0, 0.1) is 0 Å². The summed E-state index contributed by atoms with van der Waals surface area (Å²) >= 11 is 0. The minimum Gasteiger partial charge on any atom is -0.466 e. The molecule has 0 saturated heterocycles. The van der Waals surface area contributed by atoms with Crippen LogP contribution in [-0.2, 0) is 33.0 Å². The highest BCUT2D eigenvalue weighted by atomic mass is 28.2. The molecule has 166 valence electrons. The van der Waals surface area contributed by atoms with Gasteiger partial charge in [-0.15, -0.1) is 0 Å². The van der Waals surface area contributed by atoms with Crippen molar-refractivity contribution in [3.05, 3.63) is 0 Å². The quantitative estimate of drug-likeness (QED) is 0.153. The van der Waals surface area contributed by atoms with Crippen molar-refractivity contribution in [2.24, 2.45) is 0 Å². The van der Waals surface area contributed by atoms with Crippen molar-refractivity contribution in [2.75, 3.05) is 34.0 Å². The van der Waals surface area contributed by atoms with Crippen LogP contribution in [0.1, 0.15) is 66.2 Å². The molecule has 0 aromatic carbocycles. The van der Waals surface area contributed by atoms with Crippen molar-refractivity contribution in [1.82, 2.24) is 4.57 Å². The molecule has 0 aliphatic carbocycles. The molecule has 0 aliphatic rings. The summed E-state index contributed by atoms with van der Waals surface area (Å²) in [7, 11) is 1.56. The lowest BCUT2D eigenvalue weighted by atomic mass is 10.2. The van der Waals surface area contributed by atoms with Crippen molar-refractivity contribution in [3.8, 4) is 0 Å². The molecule has 0 radical (unpaired) electrons. The zero-order valence-corrected chi connectivity index (χ0v) is 19.9. The summed E-state index contributed by atoms with van der Waals surface area (Å²) in [6, 6.07) is -0.726. The molecule has 0 N–H and O–H groups in total. The number of rotatable bonds is 17. The Morgan fingerprint density at radius 2 is 1.54 bits per heavy atom. The highest BCUT2D eigenvalue weighted by Gasteiger charge is 2.33. The topological polar surface area (TPSA) is 83.5 Å². The summed E-state index contributed by atoms with van der Waals surface area (Å²) in [5.74, 6) is -2.00. The number of ether oxygens (including phenoxy) is 4. The van der Waals surface area contributed by atoms with Crippen LogP contribution < -0.4 is 0 Å². The third-order valence-corrected chi connectivity index (χ3v) is 6.06. The molecule has 1 unspecified atom stereocenters. The van der Waals surface area contributed by atoms with E-state index in [1.807, 2.05) is 25.3 Å². The van der Waals surface area contributed by atoms with E-state index in [0.29, 0.717) is 19.8 Å². The van der Waals surface area contributed by atoms with Gasteiger partial charge < -0.3 is 23.4 Å². The number of unbranched alkanes of at least 4 members (excludes halogenated alkanes) is 2. The van der Waals surface area contributed by atoms with Crippen molar-refractivity contribution in [3.63, 3.8) is 0 Å². The summed E-state index contributed by atoms with van der Waals surface area (Å²) in [4.78, 5) is 24.9. The molecule has 0 fully saturated rings. The van der Waals surface area contributed by atoms with Crippen LogP contribution in [0.25, 0.3) is 0 Å². The van der Waals surface area contributed by atoms with Gasteiger partial charge in [0.2, 0.25) is 9.92 Å². The van der Waals surface area contributed by atoms with Gasteiger partial charge in [-0.3, -0.25) is 14.2 Å². The fourth-order valence-electron chi connectivity index (χ4n) is 2.32. The Balaban J connectivity index is 5.17. The van der Waals surface area contributed by atoms with E-state index in [2.05, 4.69) is 0 Å². The fraction of sp³-hybridized carbons (Fsp3) is 0.895. The van der Waals surface area contributed by atoms with Gasteiger partial charge in [-0.2, -0.15) is 0 Å². The third kappa shape index (κ3) is 11.1. The van der Waals surface area contributed by atoms with Gasteiger partial charge >= 0.3 is 11.9 Å². The molecular weight excluding hydrogens is 382 g/mol. The number of hydrogen-bond donors (Lipinski definition) is 0. The Bertz CT molecular complexity index is 433. The van der Waals surface area contributed by atoms with E-state index < -0.39 is 33.9 Å². The van der Waals surface area contributed by atoms with E-state index in [-0.39, 0.29) is 6.42 Å². The smallest absolute Gasteiger partial charge is 0.323 e. The van der Waals surface area contributed by atoms with Crippen LogP contribution in [0.15, 0.2) is 0 Å². The van der Waals surface area contributed by atoms with Crippen LogP contribution in [0.4, 0.5) is 0 Å². The van der Waals surface area contributed by atoms with Gasteiger partial charge in [0.25, 0.3) is 5.97 Å². The maximum Gasteiger partial charge on any atom is 0.323 e. The Morgan fingerprint density at radius 3 is 2.04 bits per heavy atom. The number of methoxy groups -OCH3 is 2. The van der Waals surface area contributed by atoms with Gasteiger partial charge in [0.15, 0.2) is 0 Å². The molecular formula is C19H39NO7Si. The summed E-state index contributed by atoms with van der Waals surface area (Å²) < 4.78 is 28.9. The molecule has 1 atom stereocenters. The minimum absolute atomic E-state index is 0.0539. The summed E-state index contributed by atoms with van der Waals surface area (Å²) in [5.41, 5.74) is 0. The Hall–Kier alpha value is -1.00. The lowest BCUT2D eigenvalue weighted by molar-refractivity contribution is -0.312. The highest BCUT2D eigenvalue weighted by molar-refractivity contribution is 6.24. The van der Waals surface area contributed by atoms with Crippen LogP contribution in [0.2, 0.25) is 0 Å². The lowest BCUT2D eigenvalue weighted by Crippen LogP contribution is -2.50. The average Bonchev–Trinajstić information content (AvgIpc) is 2.69. The molecule has 0 aromatic heterocycles. The standard InChI is InChI=1S/C19H39NO7Si/c1-7-10-13-25-17(21)15-16(18(22)26-14-11-8-2)20(12-9-3)28-27-19(4,23-5)24-6/h16H,7-15,28H2,1-6H3. The zero-order chi connectivity index (χ0) is 21.4. The minimum atomic E-state index is -1.42. The predicted octanol–water partition coefficient (Wildman–Crippen LogP) is 2.13. The first-order chi connectivity index (χ1) is 13.4. The molecule has 0 rings (SSSR count). The molecule has 0 heterocycles. The van der Waals surface area contributed by atoms with Crippen LogP contribution in [-0.4, -0.2) is 72.4 Å². The van der Waals surface area contributed by atoms with E-state index >= 15 is 0 Å². The van der Waals surface area contributed by atoms with Crippen molar-refractivity contribution in [1.29, 1.82) is 0 Å².